The molecule has 1 saturated heterocycles. The Morgan fingerprint density at radius 3 is 2.50 bits per heavy atom. The number of hydrogen-bond acceptors (Lipinski definition) is 5. The highest BCUT2D eigenvalue weighted by molar-refractivity contribution is 8.19. The van der Waals surface area contributed by atoms with Gasteiger partial charge in [-0.2, -0.15) is 0 Å². The molecular formula is C18H25NO3S2. The minimum atomic E-state index is -0.450. The van der Waals surface area contributed by atoms with Gasteiger partial charge in [0.1, 0.15) is 0 Å². The van der Waals surface area contributed by atoms with Gasteiger partial charge in [-0.1, -0.05) is 38.3 Å². The van der Waals surface area contributed by atoms with Crippen LogP contribution in [0.2, 0.25) is 0 Å². The summed E-state index contributed by atoms with van der Waals surface area (Å²) in [5.41, 5.74) is 1.71. The van der Waals surface area contributed by atoms with E-state index in [1.165, 1.54) is 29.9 Å². The molecule has 0 bridgehead atoms. The van der Waals surface area contributed by atoms with E-state index in [0.29, 0.717) is 16.7 Å². The van der Waals surface area contributed by atoms with Crippen LogP contribution >= 0.6 is 23.5 Å². The average Bonchev–Trinajstić information content (AvgIpc) is 3.14. The zero-order chi connectivity index (χ0) is 17.2. The van der Waals surface area contributed by atoms with Crippen molar-refractivity contribution in [2.24, 2.45) is 0 Å². The summed E-state index contributed by atoms with van der Waals surface area (Å²) in [6.45, 7) is 2.57. The van der Waals surface area contributed by atoms with Crippen LogP contribution < -0.4 is 5.32 Å². The molecular weight excluding hydrogens is 342 g/mol. The molecule has 1 fully saturated rings. The normalized spacial score (nSPS) is 14.5. The molecule has 0 unspecified atom stereocenters. The molecule has 0 aliphatic carbocycles. The lowest BCUT2D eigenvalue weighted by Gasteiger charge is -2.09. The van der Waals surface area contributed by atoms with Gasteiger partial charge in [0.2, 0.25) is 0 Å². The predicted molar refractivity (Wildman–Crippen MR) is 102 cm³/mol. The second kappa shape index (κ2) is 10.7. The SMILES string of the molecule is CCCCCCNC(=O)COC(=O)c1ccc(C2SCCS2)cc1. The van der Waals surface area contributed by atoms with Crippen LogP contribution in [-0.4, -0.2) is 36.5 Å². The van der Waals surface area contributed by atoms with Crippen molar-refractivity contribution in [1.29, 1.82) is 0 Å². The van der Waals surface area contributed by atoms with Crippen molar-refractivity contribution < 1.29 is 14.3 Å². The Morgan fingerprint density at radius 1 is 1.12 bits per heavy atom. The molecule has 1 aliphatic heterocycles. The zero-order valence-corrected chi connectivity index (χ0v) is 15.7. The average molecular weight is 368 g/mol. The van der Waals surface area contributed by atoms with E-state index in [-0.39, 0.29) is 12.5 Å². The number of unbranched alkanes of at least 4 members (excludes halogenated alkanes) is 3. The van der Waals surface area contributed by atoms with E-state index in [1.807, 2.05) is 35.7 Å². The number of nitrogens with one attached hydrogen (secondary N) is 1. The van der Waals surface area contributed by atoms with Gasteiger partial charge in [-0.15, -0.1) is 23.5 Å². The van der Waals surface area contributed by atoms with E-state index in [4.69, 9.17) is 4.74 Å². The topological polar surface area (TPSA) is 55.4 Å². The van der Waals surface area contributed by atoms with E-state index in [0.717, 1.165) is 12.8 Å². The van der Waals surface area contributed by atoms with Crippen LogP contribution in [0, 0.1) is 0 Å². The zero-order valence-electron chi connectivity index (χ0n) is 14.1. The molecule has 0 aromatic heterocycles. The fourth-order valence-electron chi connectivity index (χ4n) is 2.37. The fourth-order valence-corrected chi connectivity index (χ4v) is 5.23. The van der Waals surface area contributed by atoms with E-state index in [2.05, 4.69) is 12.2 Å². The second-order valence-electron chi connectivity index (χ2n) is 5.68. The number of benzene rings is 1. The molecule has 1 N–H and O–H groups in total. The van der Waals surface area contributed by atoms with Gasteiger partial charge in [-0.05, 0) is 24.1 Å². The largest absolute Gasteiger partial charge is 0.452 e. The van der Waals surface area contributed by atoms with E-state index in [9.17, 15) is 9.59 Å². The minimum absolute atomic E-state index is 0.220. The Hall–Kier alpha value is -1.14. The highest BCUT2D eigenvalue weighted by Crippen LogP contribution is 2.45. The van der Waals surface area contributed by atoms with Crippen molar-refractivity contribution in [3.63, 3.8) is 0 Å². The van der Waals surface area contributed by atoms with Crippen molar-refractivity contribution in [3.05, 3.63) is 35.4 Å². The molecule has 0 saturated carbocycles. The van der Waals surface area contributed by atoms with Crippen LogP contribution in [0.3, 0.4) is 0 Å². The lowest BCUT2D eigenvalue weighted by Crippen LogP contribution is -2.29. The molecule has 6 heteroatoms. The Labute approximate surface area is 152 Å². The predicted octanol–water partition coefficient (Wildman–Crippen LogP) is 4.02. The Morgan fingerprint density at radius 2 is 1.83 bits per heavy atom. The lowest BCUT2D eigenvalue weighted by molar-refractivity contribution is -0.124. The number of carbonyl (C=O) groups excluding carboxylic acids is 2. The monoisotopic (exact) mass is 367 g/mol. The van der Waals surface area contributed by atoms with E-state index < -0.39 is 5.97 Å². The third kappa shape index (κ3) is 6.40. The Bertz CT molecular complexity index is 528. The van der Waals surface area contributed by atoms with Gasteiger partial charge in [-0.25, -0.2) is 4.79 Å². The van der Waals surface area contributed by atoms with Gasteiger partial charge in [0.25, 0.3) is 5.91 Å². The summed E-state index contributed by atoms with van der Waals surface area (Å²) in [6.07, 6.45) is 4.42. The summed E-state index contributed by atoms with van der Waals surface area (Å²) >= 11 is 3.86. The highest BCUT2D eigenvalue weighted by Gasteiger charge is 2.18. The second-order valence-corrected chi connectivity index (χ2v) is 8.41. The van der Waals surface area contributed by atoms with Crippen molar-refractivity contribution in [2.75, 3.05) is 24.7 Å². The molecule has 0 atom stereocenters. The first-order chi connectivity index (χ1) is 11.7. The first kappa shape index (κ1) is 19.2. The summed E-state index contributed by atoms with van der Waals surface area (Å²) in [7, 11) is 0. The Balaban J connectivity index is 1.69. The highest BCUT2D eigenvalue weighted by atomic mass is 32.2. The third-order valence-corrected chi connectivity index (χ3v) is 6.83. The van der Waals surface area contributed by atoms with Crippen LogP contribution in [-0.2, 0) is 9.53 Å². The minimum Gasteiger partial charge on any atom is -0.452 e. The molecule has 1 aromatic rings. The number of ether oxygens (including phenoxy) is 1. The fraction of sp³-hybridized carbons (Fsp3) is 0.556. The van der Waals surface area contributed by atoms with Crippen LogP contribution in [0.15, 0.2) is 24.3 Å². The first-order valence-electron chi connectivity index (χ1n) is 8.47. The molecule has 1 heterocycles. The quantitative estimate of drug-likeness (QED) is 0.528. The summed E-state index contributed by atoms with van der Waals surface area (Å²) in [4.78, 5) is 23.6. The molecule has 0 spiro atoms. The number of hydrogen-bond donors (Lipinski definition) is 1. The third-order valence-electron chi connectivity index (χ3n) is 3.73. The van der Waals surface area contributed by atoms with Crippen molar-refractivity contribution in [2.45, 2.75) is 37.2 Å². The van der Waals surface area contributed by atoms with Crippen LogP contribution in [0.5, 0.6) is 0 Å². The van der Waals surface area contributed by atoms with Gasteiger partial charge in [-0.3, -0.25) is 4.79 Å². The Kier molecular flexibility index (Phi) is 8.53. The summed E-state index contributed by atoms with van der Waals surface area (Å²) in [5, 5.41) is 2.77. The van der Waals surface area contributed by atoms with Crippen LogP contribution in [0.1, 0.15) is 53.1 Å². The van der Waals surface area contributed by atoms with Gasteiger partial charge in [0.05, 0.1) is 10.1 Å². The van der Waals surface area contributed by atoms with Gasteiger partial charge < -0.3 is 10.1 Å². The van der Waals surface area contributed by atoms with Crippen molar-refractivity contribution >= 4 is 35.4 Å². The van der Waals surface area contributed by atoms with Crippen molar-refractivity contribution in [3.8, 4) is 0 Å². The summed E-state index contributed by atoms with van der Waals surface area (Å²) in [6, 6.07) is 7.50. The van der Waals surface area contributed by atoms with Crippen molar-refractivity contribution in [1.82, 2.24) is 5.32 Å². The molecule has 1 aromatic carbocycles. The maximum atomic E-state index is 12.0. The standard InChI is InChI=1S/C18H25NO3S2/c1-2-3-4-5-10-19-16(20)13-22-17(21)14-6-8-15(9-7-14)18-23-11-12-24-18/h6-9,18H,2-5,10-13H2,1H3,(H,19,20). The number of carbonyl (C=O) groups is 2. The summed E-state index contributed by atoms with van der Waals surface area (Å²) < 4.78 is 5.54. The molecule has 1 aliphatic rings. The van der Waals surface area contributed by atoms with E-state index >= 15 is 0 Å². The molecule has 132 valence electrons. The molecule has 0 radical (unpaired) electrons. The number of esters is 1. The number of amides is 1. The van der Waals surface area contributed by atoms with E-state index in [1.54, 1.807) is 12.1 Å². The molecule has 2 rings (SSSR count). The molecule has 1 amide bonds. The van der Waals surface area contributed by atoms with Crippen LogP contribution in [0.4, 0.5) is 0 Å². The smallest absolute Gasteiger partial charge is 0.338 e. The first-order valence-corrected chi connectivity index (χ1v) is 10.6. The molecule has 24 heavy (non-hydrogen) atoms. The van der Waals surface area contributed by atoms with Gasteiger partial charge in [0, 0.05) is 18.1 Å². The maximum Gasteiger partial charge on any atom is 0.338 e. The molecule has 4 nitrogen and oxygen atoms in total. The number of thioether (sulfide) groups is 2. The van der Waals surface area contributed by atoms with Crippen LogP contribution in [0.25, 0.3) is 0 Å². The van der Waals surface area contributed by atoms with Gasteiger partial charge >= 0.3 is 5.97 Å². The number of rotatable bonds is 9. The van der Waals surface area contributed by atoms with Gasteiger partial charge in [0.15, 0.2) is 6.61 Å². The maximum absolute atomic E-state index is 12.0. The summed E-state index contributed by atoms with van der Waals surface area (Å²) in [5.74, 6) is 1.66. The lowest BCUT2D eigenvalue weighted by atomic mass is 10.1.